The fourth-order valence-electron chi connectivity index (χ4n) is 9.72. The third-order valence-corrected chi connectivity index (χ3v) is 14.0. The van der Waals surface area contributed by atoms with E-state index >= 15 is 0 Å². The number of hydrogen-bond donors (Lipinski definition) is 0. The summed E-state index contributed by atoms with van der Waals surface area (Å²) in [5, 5.41) is 0. The van der Waals surface area contributed by atoms with Crippen molar-refractivity contribution in [3.63, 3.8) is 0 Å². The van der Waals surface area contributed by atoms with Crippen molar-refractivity contribution >= 4 is 97.1 Å². The maximum Gasteiger partial charge on any atom is 0.0603 e. The van der Waals surface area contributed by atoms with Gasteiger partial charge in [-0.1, -0.05) is 157 Å². The first kappa shape index (κ1) is 44.0. The molecule has 0 saturated heterocycles. The molecule has 0 fully saturated rings. The highest BCUT2D eigenvalue weighted by molar-refractivity contribution is 7.99. The minimum Gasteiger partial charge on any atom is -0.310 e. The van der Waals surface area contributed by atoms with E-state index in [2.05, 4.69) is 322 Å². The highest BCUT2D eigenvalue weighted by atomic mass is 32.2. The Labute approximate surface area is 426 Å². The number of rotatable bonds is 13. The monoisotopic (exact) mass is 943 g/mol. The van der Waals surface area contributed by atoms with Crippen molar-refractivity contribution in [3.8, 4) is 0 Å². The van der Waals surface area contributed by atoms with Gasteiger partial charge in [-0.25, -0.2) is 0 Å². The third-order valence-electron chi connectivity index (χ3n) is 12.9. The molecule has 0 amide bonds. The van der Waals surface area contributed by atoms with E-state index in [1.54, 1.807) is 0 Å². The highest BCUT2D eigenvalue weighted by Gasteiger charge is 2.29. The Morgan fingerprint density at radius 2 is 0.444 bits per heavy atom. The third kappa shape index (κ3) is 8.83. The molecule has 12 rings (SSSR count). The van der Waals surface area contributed by atoms with E-state index in [-0.39, 0.29) is 0 Å². The maximum absolute atomic E-state index is 2.41. The van der Waals surface area contributed by atoms with Crippen LogP contribution < -0.4 is 24.5 Å². The Hall–Kier alpha value is -9.23. The molecule has 0 N–H and O–H groups in total. The van der Waals surface area contributed by atoms with Crippen LogP contribution in [-0.4, -0.2) is 0 Å². The van der Waals surface area contributed by atoms with Crippen LogP contribution in [-0.2, 0) is 0 Å². The molecule has 0 bridgehead atoms. The highest BCUT2D eigenvalue weighted by Crippen LogP contribution is 2.55. The summed E-state index contributed by atoms with van der Waals surface area (Å²) < 4.78 is 0. The van der Waals surface area contributed by atoms with Crippen LogP contribution in [0.15, 0.2) is 307 Å². The summed E-state index contributed by atoms with van der Waals surface area (Å²) in [4.78, 5) is 14.2. The smallest absolute Gasteiger partial charge is 0.0603 e. The standard InChI is InChI=1S/C66H49N5S/c1-9-25-50(26-10-1)67(51-27-11-2-12-28-51)58-41-43-63-65(48-58)72-66-49-59(42-44-64(66)71(63)57-39-23-8-24-40-57)70(56-37-21-7-22-38-56)62-46-60(68(52-29-13-3-14-30-52)53-31-15-4-16-32-53)45-61(47-62)69(54-33-17-5-18-34-54)55-35-19-6-20-36-55/h1-49H. The average molecular weight is 944 g/mol. The van der Waals surface area contributed by atoms with Crippen molar-refractivity contribution in [1.29, 1.82) is 0 Å². The average Bonchev–Trinajstić information content (AvgIpc) is 3.45. The van der Waals surface area contributed by atoms with Crippen LogP contribution in [0, 0.1) is 0 Å². The van der Waals surface area contributed by atoms with Crippen LogP contribution in [0.5, 0.6) is 0 Å². The minimum atomic E-state index is 1.01. The lowest BCUT2D eigenvalue weighted by Crippen LogP contribution is -2.18. The Morgan fingerprint density at radius 1 is 0.208 bits per heavy atom. The van der Waals surface area contributed by atoms with Gasteiger partial charge in [0.2, 0.25) is 0 Å². The van der Waals surface area contributed by atoms with Gasteiger partial charge >= 0.3 is 0 Å². The predicted octanol–water partition coefficient (Wildman–Crippen LogP) is 19.5. The van der Waals surface area contributed by atoms with E-state index in [4.69, 9.17) is 0 Å². The molecule has 1 aliphatic heterocycles. The first-order valence-corrected chi connectivity index (χ1v) is 25.1. The second-order valence-corrected chi connectivity index (χ2v) is 18.6. The topological polar surface area (TPSA) is 16.2 Å². The van der Waals surface area contributed by atoms with E-state index in [9.17, 15) is 0 Å². The molecule has 0 spiro atoms. The molecule has 0 aliphatic carbocycles. The van der Waals surface area contributed by atoms with Crippen LogP contribution in [0.3, 0.4) is 0 Å². The summed E-state index contributed by atoms with van der Waals surface area (Å²) >= 11 is 1.82. The minimum absolute atomic E-state index is 1.01. The van der Waals surface area contributed by atoms with Gasteiger partial charge in [-0.2, -0.15) is 0 Å². The summed E-state index contributed by atoms with van der Waals surface area (Å²) in [6.07, 6.45) is 0. The fourth-order valence-corrected chi connectivity index (χ4v) is 10.8. The van der Waals surface area contributed by atoms with Crippen molar-refractivity contribution in [3.05, 3.63) is 297 Å². The normalized spacial score (nSPS) is 11.5. The molecule has 72 heavy (non-hydrogen) atoms. The van der Waals surface area contributed by atoms with E-state index in [1.165, 1.54) is 0 Å². The fraction of sp³-hybridized carbons (Fsp3) is 0. The second-order valence-electron chi connectivity index (χ2n) is 17.5. The molecule has 11 aromatic carbocycles. The molecule has 6 heteroatoms. The first-order valence-electron chi connectivity index (χ1n) is 24.3. The van der Waals surface area contributed by atoms with E-state index < -0.39 is 0 Å². The quantitative estimate of drug-likeness (QED) is 0.114. The molecule has 0 aromatic heterocycles. The van der Waals surface area contributed by atoms with Gasteiger partial charge in [-0.3, -0.25) is 0 Å². The molecule has 344 valence electrons. The van der Waals surface area contributed by atoms with Gasteiger partial charge in [0.25, 0.3) is 0 Å². The van der Waals surface area contributed by atoms with E-state index in [0.29, 0.717) is 0 Å². The van der Waals surface area contributed by atoms with Gasteiger partial charge in [0.15, 0.2) is 0 Å². The molecule has 0 atom stereocenters. The molecule has 5 nitrogen and oxygen atoms in total. The van der Waals surface area contributed by atoms with Gasteiger partial charge in [0, 0.05) is 66.7 Å². The largest absolute Gasteiger partial charge is 0.310 e. The Kier molecular flexibility index (Phi) is 12.2. The van der Waals surface area contributed by atoms with Crippen LogP contribution >= 0.6 is 11.8 Å². The van der Waals surface area contributed by atoms with Gasteiger partial charge in [-0.15, -0.1) is 0 Å². The van der Waals surface area contributed by atoms with Crippen LogP contribution in [0.25, 0.3) is 0 Å². The molecule has 0 saturated carbocycles. The van der Waals surface area contributed by atoms with Gasteiger partial charge in [0.05, 0.1) is 28.4 Å². The summed E-state index contributed by atoms with van der Waals surface area (Å²) in [6.45, 7) is 0. The predicted molar refractivity (Wildman–Crippen MR) is 304 cm³/mol. The lowest BCUT2D eigenvalue weighted by atomic mass is 10.1. The van der Waals surface area contributed by atoms with Crippen molar-refractivity contribution in [2.24, 2.45) is 0 Å². The summed E-state index contributed by atoms with van der Waals surface area (Å²) in [5.74, 6) is 0. The number of benzene rings is 11. The number of anilines is 15. The van der Waals surface area contributed by atoms with E-state index in [0.717, 1.165) is 95.1 Å². The van der Waals surface area contributed by atoms with Crippen molar-refractivity contribution in [2.45, 2.75) is 9.79 Å². The maximum atomic E-state index is 2.41. The molecular weight excluding hydrogens is 895 g/mol. The molecule has 0 unspecified atom stereocenters. The number of fused-ring (bicyclic) bond motifs is 2. The Bertz CT molecular complexity index is 3330. The van der Waals surface area contributed by atoms with Crippen molar-refractivity contribution < 1.29 is 0 Å². The number of para-hydroxylation sites is 8. The molecule has 1 heterocycles. The SMILES string of the molecule is c1ccc(N(c2ccccc2)c2cc(N(c3ccccc3)c3ccccc3)cc(N(c3ccccc3)c3ccc4c(c3)Sc3cc(N(c5ccccc5)c5ccccc5)ccc3N4c3ccccc3)c2)cc1. The number of nitrogens with zero attached hydrogens (tertiary/aromatic N) is 5. The lowest BCUT2D eigenvalue weighted by Gasteiger charge is -2.36. The molecule has 1 aliphatic rings. The van der Waals surface area contributed by atoms with Crippen molar-refractivity contribution in [2.75, 3.05) is 24.5 Å². The molecule has 11 aromatic rings. The Morgan fingerprint density at radius 3 is 0.722 bits per heavy atom. The summed E-state index contributed by atoms with van der Waals surface area (Å²) in [7, 11) is 0. The van der Waals surface area contributed by atoms with Crippen LogP contribution in [0.4, 0.5) is 85.3 Å². The van der Waals surface area contributed by atoms with E-state index in [1.807, 2.05) is 11.8 Å². The zero-order chi connectivity index (χ0) is 48.1. The van der Waals surface area contributed by atoms with Gasteiger partial charge in [0.1, 0.15) is 0 Å². The first-order chi connectivity index (χ1) is 35.7. The second kappa shape index (κ2) is 20.0. The van der Waals surface area contributed by atoms with Crippen LogP contribution in [0.2, 0.25) is 0 Å². The number of hydrogen-bond acceptors (Lipinski definition) is 6. The zero-order valence-corrected chi connectivity index (χ0v) is 40.3. The summed E-state index contributed by atoms with van der Waals surface area (Å²) in [5.41, 5.74) is 16.0. The lowest BCUT2D eigenvalue weighted by molar-refractivity contribution is 1.15. The van der Waals surface area contributed by atoms with Gasteiger partial charge < -0.3 is 24.5 Å². The molecular formula is C66H49N5S. The Balaban J connectivity index is 1.06. The van der Waals surface area contributed by atoms with Crippen LogP contribution in [0.1, 0.15) is 0 Å². The zero-order valence-electron chi connectivity index (χ0n) is 39.4. The summed E-state index contributed by atoms with van der Waals surface area (Å²) in [6, 6.07) is 106. The van der Waals surface area contributed by atoms with Crippen molar-refractivity contribution in [1.82, 2.24) is 0 Å². The van der Waals surface area contributed by atoms with Gasteiger partial charge in [-0.05, 0) is 152 Å². The molecule has 0 radical (unpaired) electrons.